The van der Waals surface area contributed by atoms with E-state index >= 15 is 0 Å². The standard InChI is InChI=1S/C16H16N2O3/c1-3-8-18-15(14(20-2)10-17-18)16(19)13-9-11-6-4-5-7-12(11)21-13/h4-7,9-10H,3,8H2,1-2H3. The fraction of sp³-hybridized carbons (Fsp3) is 0.250. The molecule has 5 heteroatoms. The van der Waals surface area contributed by atoms with Gasteiger partial charge in [0, 0.05) is 11.9 Å². The number of nitrogens with zero attached hydrogens (tertiary/aromatic N) is 2. The molecule has 0 aliphatic rings. The summed E-state index contributed by atoms with van der Waals surface area (Å²) in [5.41, 5.74) is 1.12. The summed E-state index contributed by atoms with van der Waals surface area (Å²) in [4.78, 5) is 12.7. The van der Waals surface area contributed by atoms with Crippen LogP contribution in [0.5, 0.6) is 5.75 Å². The molecule has 0 unspecified atom stereocenters. The third-order valence-electron chi connectivity index (χ3n) is 3.33. The van der Waals surface area contributed by atoms with Gasteiger partial charge in [0.15, 0.2) is 17.2 Å². The third-order valence-corrected chi connectivity index (χ3v) is 3.33. The van der Waals surface area contributed by atoms with Gasteiger partial charge in [-0.1, -0.05) is 25.1 Å². The molecule has 21 heavy (non-hydrogen) atoms. The van der Waals surface area contributed by atoms with E-state index in [0.717, 1.165) is 11.8 Å². The zero-order valence-corrected chi connectivity index (χ0v) is 12.0. The normalized spacial score (nSPS) is 11.0. The molecule has 0 atom stereocenters. The van der Waals surface area contributed by atoms with Crippen molar-refractivity contribution in [2.24, 2.45) is 0 Å². The molecule has 0 saturated heterocycles. The van der Waals surface area contributed by atoms with Crippen LogP contribution in [0, 0.1) is 0 Å². The van der Waals surface area contributed by atoms with E-state index in [-0.39, 0.29) is 5.78 Å². The van der Waals surface area contributed by atoms with Crippen LogP contribution in [0.3, 0.4) is 0 Å². The second kappa shape index (κ2) is 5.44. The van der Waals surface area contributed by atoms with Gasteiger partial charge in [-0.3, -0.25) is 9.48 Å². The Hall–Kier alpha value is -2.56. The van der Waals surface area contributed by atoms with Crippen molar-refractivity contribution >= 4 is 16.8 Å². The molecule has 108 valence electrons. The molecule has 1 aromatic carbocycles. The molecule has 0 aliphatic carbocycles. The van der Waals surface area contributed by atoms with Crippen molar-refractivity contribution < 1.29 is 13.9 Å². The average molecular weight is 284 g/mol. The highest BCUT2D eigenvalue weighted by atomic mass is 16.5. The summed E-state index contributed by atoms with van der Waals surface area (Å²) >= 11 is 0. The van der Waals surface area contributed by atoms with Gasteiger partial charge in [0.25, 0.3) is 0 Å². The summed E-state index contributed by atoms with van der Waals surface area (Å²) in [6.45, 7) is 2.69. The zero-order chi connectivity index (χ0) is 14.8. The number of aromatic nitrogens is 2. The molecule has 0 spiro atoms. The fourth-order valence-corrected chi connectivity index (χ4v) is 2.34. The van der Waals surface area contributed by atoms with Gasteiger partial charge in [0.2, 0.25) is 5.78 Å². The number of aryl methyl sites for hydroxylation is 1. The number of ether oxygens (including phenoxy) is 1. The van der Waals surface area contributed by atoms with Crippen LogP contribution in [0.2, 0.25) is 0 Å². The maximum Gasteiger partial charge on any atom is 0.250 e. The molecule has 5 nitrogen and oxygen atoms in total. The number of carbonyl (C=O) groups is 1. The van der Waals surface area contributed by atoms with Crippen molar-refractivity contribution in [1.29, 1.82) is 0 Å². The van der Waals surface area contributed by atoms with Gasteiger partial charge in [0.05, 0.1) is 13.3 Å². The predicted molar refractivity (Wildman–Crippen MR) is 78.7 cm³/mol. The molecule has 0 amide bonds. The number of ketones is 1. The first-order valence-corrected chi connectivity index (χ1v) is 6.87. The number of fused-ring (bicyclic) bond motifs is 1. The first-order chi connectivity index (χ1) is 10.2. The van der Waals surface area contributed by atoms with E-state index in [1.807, 2.05) is 31.2 Å². The summed E-state index contributed by atoms with van der Waals surface area (Å²) in [7, 11) is 1.53. The monoisotopic (exact) mass is 284 g/mol. The molecule has 0 fully saturated rings. The lowest BCUT2D eigenvalue weighted by Crippen LogP contribution is -2.12. The van der Waals surface area contributed by atoms with Crippen molar-refractivity contribution in [3.63, 3.8) is 0 Å². The molecule has 0 saturated carbocycles. The van der Waals surface area contributed by atoms with E-state index in [1.165, 1.54) is 7.11 Å². The van der Waals surface area contributed by atoms with E-state index in [4.69, 9.17) is 9.15 Å². The molecule has 0 N–H and O–H groups in total. The van der Waals surface area contributed by atoms with E-state index in [2.05, 4.69) is 5.10 Å². The van der Waals surface area contributed by atoms with Crippen LogP contribution in [0.4, 0.5) is 0 Å². The van der Waals surface area contributed by atoms with Crippen molar-refractivity contribution in [2.75, 3.05) is 7.11 Å². The minimum absolute atomic E-state index is 0.214. The Kier molecular flexibility index (Phi) is 3.48. The molecule has 0 radical (unpaired) electrons. The van der Waals surface area contributed by atoms with Crippen LogP contribution in [0.1, 0.15) is 29.6 Å². The van der Waals surface area contributed by atoms with Crippen molar-refractivity contribution in [3.05, 3.63) is 48.0 Å². The largest absolute Gasteiger partial charge is 0.493 e. The fourth-order valence-electron chi connectivity index (χ4n) is 2.34. The van der Waals surface area contributed by atoms with Crippen molar-refractivity contribution in [1.82, 2.24) is 9.78 Å². The maximum absolute atomic E-state index is 12.7. The molecule has 2 heterocycles. The summed E-state index contributed by atoms with van der Waals surface area (Å²) in [6.07, 6.45) is 2.44. The number of carbonyl (C=O) groups excluding carboxylic acids is 1. The highest BCUT2D eigenvalue weighted by molar-refractivity contribution is 6.09. The van der Waals surface area contributed by atoms with Crippen LogP contribution in [0.15, 0.2) is 40.9 Å². The molecule has 0 bridgehead atoms. The number of para-hydroxylation sites is 1. The second-order valence-electron chi connectivity index (χ2n) is 4.76. The Bertz CT molecular complexity index is 753. The highest BCUT2D eigenvalue weighted by Gasteiger charge is 2.23. The van der Waals surface area contributed by atoms with Crippen molar-refractivity contribution in [2.45, 2.75) is 19.9 Å². The Morgan fingerprint density at radius 3 is 2.90 bits per heavy atom. The van der Waals surface area contributed by atoms with Gasteiger partial charge >= 0.3 is 0 Å². The minimum atomic E-state index is -0.214. The van der Waals surface area contributed by atoms with Crippen LogP contribution >= 0.6 is 0 Å². The summed E-state index contributed by atoms with van der Waals surface area (Å²) < 4.78 is 12.5. The third kappa shape index (κ3) is 2.31. The summed E-state index contributed by atoms with van der Waals surface area (Å²) in [6, 6.07) is 9.29. The summed E-state index contributed by atoms with van der Waals surface area (Å²) in [5.74, 6) is 0.551. The van der Waals surface area contributed by atoms with E-state index < -0.39 is 0 Å². The predicted octanol–water partition coefficient (Wildman–Crippen LogP) is 3.28. The average Bonchev–Trinajstić information content (AvgIpc) is 3.10. The van der Waals surface area contributed by atoms with Gasteiger partial charge in [-0.05, 0) is 18.6 Å². The van der Waals surface area contributed by atoms with Gasteiger partial charge in [-0.15, -0.1) is 0 Å². The molecule has 0 aliphatic heterocycles. The van der Waals surface area contributed by atoms with E-state index in [0.29, 0.717) is 29.3 Å². The van der Waals surface area contributed by atoms with Crippen LogP contribution in [-0.2, 0) is 6.54 Å². The molecule has 3 aromatic rings. The number of rotatable bonds is 5. The van der Waals surface area contributed by atoms with Crippen LogP contribution in [-0.4, -0.2) is 22.7 Å². The lowest BCUT2D eigenvalue weighted by atomic mass is 10.2. The van der Waals surface area contributed by atoms with Gasteiger partial charge in [0.1, 0.15) is 5.58 Å². The maximum atomic E-state index is 12.7. The van der Waals surface area contributed by atoms with Gasteiger partial charge in [-0.25, -0.2) is 0 Å². The van der Waals surface area contributed by atoms with E-state index in [1.54, 1.807) is 16.9 Å². The lowest BCUT2D eigenvalue weighted by molar-refractivity contribution is 0.0997. The van der Waals surface area contributed by atoms with E-state index in [9.17, 15) is 4.79 Å². The first kappa shape index (κ1) is 13.4. The topological polar surface area (TPSA) is 57.3 Å². The Labute approximate surface area is 122 Å². The number of hydrogen-bond donors (Lipinski definition) is 0. The van der Waals surface area contributed by atoms with Crippen LogP contribution in [0.25, 0.3) is 11.0 Å². The Morgan fingerprint density at radius 1 is 1.38 bits per heavy atom. The van der Waals surface area contributed by atoms with Crippen molar-refractivity contribution in [3.8, 4) is 5.75 Å². The molecular formula is C16H16N2O3. The Morgan fingerprint density at radius 2 is 2.19 bits per heavy atom. The first-order valence-electron chi connectivity index (χ1n) is 6.87. The van der Waals surface area contributed by atoms with Crippen LogP contribution < -0.4 is 4.74 Å². The van der Waals surface area contributed by atoms with Gasteiger partial charge in [-0.2, -0.15) is 5.10 Å². The number of benzene rings is 1. The molecular weight excluding hydrogens is 268 g/mol. The number of methoxy groups -OCH3 is 1. The number of hydrogen-bond acceptors (Lipinski definition) is 4. The highest BCUT2D eigenvalue weighted by Crippen LogP contribution is 2.25. The lowest BCUT2D eigenvalue weighted by Gasteiger charge is -2.05. The molecule has 3 rings (SSSR count). The smallest absolute Gasteiger partial charge is 0.250 e. The zero-order valence-electron chi connectivity index (χ0n) is 12.0. The quantitative estimate of drug-likeness (QED) is 0.675. The molecule has 2 aromatic heterocycles. The van der Waals surface area contributed by atoms with Gasteiger partial charge < -0.3 is 9.15 Å². The number of furan rings is 1. The second-order valence-corrected chi connectivity index (χ2v) is 4.76. The minimum Gasteiger partial charge on any atom is -0.493 e. The SMILES string of the molecule is CCCn1ncc(OC)c1C(=O)c1cc2ccccc2o1. The summed E-state index contributed by atoms with van der Waals surface area (Å²) in [5, 5.41) is 5.11. The Balaban J connectivity index is 2.06.